The largest absolute Gasteiger partial charge is 0.377 e. The number of hydrogen-bond acceptors (Lipinski definition) is 4. The Hall–Kier alpha value is -2.67. The lowest BCUT2D eigenvalue weighted by Crippen LogP contribution is -2.54. The van der Waals surface area contributed by atoms with Gasteiger partial charge in [0.15, 0.2) is 0 Å². The molecule has 132 valence electrons. The smallest absolute Gasteiger partial charge is 0.254 e. The van der Waals surface area contributed by atoms with Crippen molar-refractivity contribution in [1.82, 2.24) is 4.90 Å². The molecule has 0 saturated carbocycles. The van der Waals surface area contributed by atoms with Crippen molar-refractivity contribution in [2.45, 2.75) is 18.9 Å². The summed E-state index contributed by atoms with van der Waals surface area (Å²) in [6.45, 7) is 4.99. The molecule has 2 heterocycles. The molecule has 1 fully saturated rings. The standard InChI is InChI=1S/C18H21N3O4/c1-2-16(22)20-7-3-4-12-10-13(5-6-14(12)20)18(24)21-8-9-25-11-15(21)17(19)23/h2,5-6,10,15H,1,3-4,7-9,11H2,(H2,19,23)/t15-/m1/s1. The number of carbonyl (C=O) groups is 3. The van der Waals surface area contributed by atoms with Gasteiger partial charge >= 0.3 is 0 Å². The first kappa shape index (κ1) is 17.2. The maximum absolute atomic E-state index is 12.8. The average molecular weight is 343 g/mol. The molecule has 1 atom stereocenters. The summed E-state index contributed by atoms with van der Waals surface area (Å²) < 4.78 is 5.25. The number of amides is 3. The van der Waals surface area contributed by atoms with Crippen LogP contribution in [0.25, 0.3) is 0 Å². The van der Waals surface area contributed by atoms with Crippen LogP contribution < -0.4 is 10.6 Å². The number of aryl methyl sites for hydroxylation is 1. The van der Waals surface area contributed by atoms with Gasteiger partial charge < -0.3 is 20.3 Å². The van der Waals surface area contributed by atoms with E-state index in [0.717, 1.165) is 24.1 Å². The predicted octanol–water partition coefficient (Wildman–Crippen LogP) is 0.478. The molecule has 2 aliphatic rings. The number of nitrogens with zero attached hydrogens (tertiary/aromatic N) is 2. The van der Waals surface area contributed by atoms with Crippen molar-refractivity contribution in [3.8, 4) is 0 Å². The molecule has 3 rings (SSSR count). The highest BCUT2D eigenvalue weighted by molar-refractivity contribution is 6.03. The van der Waals surface area contributed by atoms with Gasteiger partial charge in [0.05, 0.1) is 13.2 Å². The van der Waals surface area contributed by atoms with Crippen LogP contribution in [0.5, 0.6) is 0 Å². The highest BCUT2D eigenvalue weighted by Gasteiger charge is 2.32. The van der Waals surface area contributed by atoms with Gasteiger partial charge in [-0.1, -0.05) is 6.58 Å². The number of carbonyl (C=O) groups excluding carboxylic acids is 3. The van der Waals surface area contributed by atoms with Gasteiger partial charge in [0, 0.05) is 24.3 Å². The summed E-state index contributed by atoms with van der Waals surface area (Å²) in [5, 5.41) is 0. The highest BCUT2D eigenvalue weighted by atomic mass is 16.5. The minimum absolute atomic E-state index is 0.119. The fraction of sp³-hybridized carbons (Fsp3) is 0.389. The van der Waals surface area contributed by atoms with Gasteiger partial charge in [-0.2, -0.15) is 0 Å². The van der Waals surface area contributed by atoms with E-state index in [2.05, 4.69) is 6.58 Å². The van der Waals surface area contributed by atoms with E-state index in [1.54, 1.807) is 23.1 Å². The lowest BCUT2D eigenvalue weighted by molar-refractivity contribution is -0.127. The highest BCUT2D eigenvalue weighted by Crippen LogP contribution is 2.29. The second-order valence-corrected chi connectivity index (χ2v) is 6.13. The molecule has 0 radical (unpaired) electrons. The minimum Gasteiger partial charge on any atom is -0.377 e. The monoisotopic (exact) mass is 343 g/mol. The first-order valence-corrected chi connectivity index (χ1v) is 8.28. The molecule has 25 heavy (non-hydrogen) atoms. The number of anilines is 1. The number of hydrogen-bond donors (Lipinski definition) is 1. The zero-order valence-corrected chi connectivity index (χ0v) is 13.9. The minimum atomic E-state index is -0.754. The Labute approximate surface area is 146 Å². The van der Waals surface area contributed by atoms with Crippen LogP contribution in [0.15, 0.2) is 30.9 Å². The lowest BCUT2D eigenvalue weighted by Gasteiger charge is -2.34. The Morgan fingerprint density at radius 1 is 1.28 bits per heavy atom. The SMILES string of the molecule is C=CC(=O)N1CCCc2cc(C(=O)N3CCOC[C@@H]3C(N)=O)ccc21. The van der Waals surface area contributed by atoms with Gasteiger partial charge in [0.25, 0.3) is 5.91 Å². The third-order valence-corrected chi connectivity index (χ3v) is 4.60. The third kappa shape index (κ3) is 3.28. The first-order valence-electron chi connectivity index (χ1n) is 8.28. The molecular weight excluding hydrogens is 322 g/mol. The summed E-state index contributed by atoms with van der Waals surface area (Å²) in [4.78, 5) is 39.5. The van der Waals surface area contributed by atoms with E-state index in [4.69, 9.17) is 10.5 Å². The number of benzene rings is 1. The van der Waals surface area contributed by atoms with Crippen LogP contribution in [-0.2, 0) is 20.7 Å². The fourth-order valence-corrected chi connectivity index (χ4v) is 3.32. The van der Waals surface area contributed by atoms with E-state index in [1.807, 2.05) is 0 Å². The molecule has 7 nitrogen and oxygen atoms in total. The molecule has 2 aliphatic heterocycles. The van der Waals surface area contributed by atoms with E-state index in [9.17, 15) is 14.4 Å². The van der Waals surface area contributed by atoms with Gasteiger partial charge in [-0.25, -0.2) is 0 Å². The Morgan fingerprint density at radius 3 is 2.80 bits per heavy atom. The molecule has 2 N–H and O–H groups in total. The zero-order chi connectivity index (χ0) is 18.0. The van der Waals surface area contributed by atoms with Gasteiger partial charge in [-0.3, -0.25) is 14.4 Å². The van der Waals surface area contributed by atoms with Gasteiger partial charge in [-0.15, -0.1) is 0 Å². The molecule has 0 bridgehead atoms. The number of ether oxygens (including phenoxy) is 1. The van der Waals surface area contributed by atoms with Crippen molar-refractivity contribution >= 4 is 23.4 Å². The molecule has 0 aliphatic carbocycles. The molecule has 1 aromatic carbocycles. The van der Waals surface area contributed by atoms with Crippen molar-refractivity contribution in [3.05, 3.63) is 42.0 Å². The molecule has 7 heteroatoms. The quantitative estimate of drug-likeness (QED) is 0.808. The zero-order valence-electron chi connectivity index (χ0n) is 13.9. The van der Waals surface area contributed by atoms with Gasteiger partial charge in [0.2, 0.25) is 11.8 Å². The first-order chi connectivity index (χ1) is 12.0. The van der Waals surface area contributed by atoms with Crippen LogP contribution in [-0.4, -0.2) is 55.0 Å². The third-order valence-electron chi connectivity index (χ3n) is 4.60. The van der Waals surface area contributed by atoms with E-state index in [1.165, 1.54) is 11.0 Å². The predicted molar refractivity (Wildman–Crippen MR) is 92.2 cm³/mol. The van der Waals surface area contributed by atoms with Crippen LogP contribution in [0.2, 0.25) is 0 Å². The molecule has 1 saturated heterocycles. The summed E-state index contributed by atoms with van der Waals surface area (Å²) in [7, 11) is 0. The fourth-order valence-electron chi connectivity index (χ4n) is 3.32. The number of rotatable bonds is 3. The van der Waals surface area contributed by atoms with Gasteiger partial charge in [0.1, 0.15) is 6.04 Å². The summed E-state index contributed by atoms with van der Waals surface area (Å²) in [6, 6.07) is 4.51. The molecule has 0 spiro atoms. The van der Waals surface area contributed by atoms with Crippen LogP contribution in [0.3, 0.4) is 0 Å². The Morgan fingerprint density at radius 2 is 2.08 bits per heavy atom. The normalized spacial score (nSPS) is 19.9. The average Bonchev–Trinajstić information content (AvgIpc) is 2.65. The van der Waals surface area contributed by atoms with Crippen molar-refractivity contribution in [2.75, 3.05) is 31.2 Å². The number of primary amides is 1. The Kier molecular flexibility index (Phi) is 4.85. The maximum Gasteiger partial charge on any atom is 0.254 e. The van der Waals surface area contributed by atoms with Crippen LogP contribution in [0.4, 0.5) is 5.69 Å². The summed E-state index contributed by atoms with van der Waals surface area (Å²) >= 11 is 0. The van der Waals surface area contributed by atoms with Crippen LogP contribution in [0.1, 0.15) is 22.3 Å². The number of fused-ring (bicyclic) bond motifs is 1. The topological polar surface area (TPSA) is 92.9 Å². The molecule has 1 aromatic rings. The van der Waals surface area contributed by atoms with E-state index in [-0.39, 0.29) is 18.4 Å². The van der Waals surface area contributed by atoms with Crippen LogP contribution >= 0.6 is 0 Å². The number of nitrogens with two attached hydrogens (primary N) is 1. The lowest BCUT2D eigenvalue weighted by atomic mass is 9.98. The van der Waals surface area contributed by atoms with Crippen LogP contribution in [0, 0.1) is 0 Å². The van der Waals surface area contributed by atoms with E-state index < -0.39 is 11.9 Å². The second-order valence-electron chi connectivity index (χ2n) is 6.13. The number of morpholine rings is 1. The van der Waals surface area contributed by atoms with Crippen molar-refractivity contribution in [2.24, 2.45) is 5.73 Å². The molecule has 0 aromatic heterocycles. The summed E-state index contributed by atoms with van der Waals surface area (Å²) in [5.41, 5.74) is 7.62. The van der Waals surface area contributed by atoms with Crippen molar-refractivity contribution < 1.29 is 19.1 Å². The second kappa shape index (κ2) is 7.06. The molecular formula is C18H21N3O4. The molecule has 3 amide bonds. The summed E-state index contributed by atoms with van der Waals surface area (Å²) in [5.74, 6) is -0.974. The Balaban J connectivity index is 1.88. The van der Waals surface area contributed by atoms with E-state index in [0.29, 0.717) is 25.3 Å². The molecule has 0 unspecified atom stereocenters. The van der Waals surface area contributed by atoms with Crippen molar-refractivity contribution in [1.29, 1.82) is 0 Å². The van der Waals surface area contributed by atoms with E-state index >= 15 is 0 Å². The maximum atomic E-state index is 12.8. The van der Waals surface area contributed by atoms with Crippen molar-refractivity contribution in [3.63, 3.8) is 0 Å². The Bertz CT molecular complexity index is 731. The van der Waals surface area contributed by atoms with Gasteiger partial charge in [-0.05, 0) is 42.7 Å². The summed E-state index contributed by atoms with van der Waals surface area (Å²) in [6.07, 6.45) is 2.91.